The summed E-state index contributed by atoms with van der Waals surface area (Å²) in [5.41, 5.74) is 2.07. The first-order valence-electron chi connectivity index (χ1n) is 7.19. The monoisotopic (exact) mass is 366 g/mol. The van der Waals surface area contributed by atoms with E-state index in [1.807, 2.05) is 54.2 Å². The highest BCUT2D eigenvalue weighted by Gasteiger charge is 2.01. The van der Waals surface area contributed by atoms with Crippen molar-refractivity contribution in [3.8, 4) is 5.75 Å². The molecular weight excluding hydrogens is 348 g/mol. The van der Waals surface area contributed by atoms with Gasteiger partial charge in [0.15, 0.2) is 5.11 Å². The number of thioether (sulfide) groups is 1. The maximum Gasteiger partial charge on any atom is 0.170 e. The van der Waals surface area contributed by atoms with Crippen LogP contribution in [0.15, 0.2) is 48.5 Å². The Bertz CT molecular complexity index is 652. The Morgan fingerprint density at radius 1 is 1.22 bits per heavy atom. The Labute approximate surface area is 151 Å². The highest BCUT2D eigenvalue weighted by Crippen LogP contribution is 2.20. The zero-order chi connectivity index (χ0) is 16.5. The topological polar surface area (TPSA) is 33.3 Å². The molecule has 6 heteroatoms. The first-order chi connectivity index (χ1) is 11.2. The molecule has 0 fully saturated rings. The molecule has 0 bridgehead atoms. The van der Waals surface area contributed by atoms with Crippen LogP contribution < -0.4 is 15.4 Å². The van der Waals surface area contributed by atoms with Crippen molar-refractivity contribution in [1.82, 2.24) is 5.32 Å². The number of ether oxygens (including phenoxy) is 1. The van der Waals surface area contributed by atoms with E-state index in [1.54, 1.807) is 7.11 Å². The summed E-state index contributed by atoms with van der Waals surface area (Å²) < 4.78 is 5.18. The van der Waals surface area contributed by atoms with Gasteiger partial charge in [-0.25, -0.2) is 0 Å². The lowest BCUT2D eigenvalue weighted by atomic mass is 10.2. The van der Waals surface area contributed by atoms with Gasteiger partial charge >= 0.3 is 0 Å². The SMILES string of the molecule is COc1cccc(NC(=S)NCCSCc2ccccc2Cl)c1. The molecule has 0 aliphatic rings. The van der Waals surface area contributed by atoms with E-state index in [4.69, 9.17) is 28.6 Å². The van der Waals surface area contributed by atoms with Crippen LogP contribution in [0.25, 0.3) is 0 Å². The zero-order valence-electron chi connectivity index (χ0n) is 12.8. The van der Waals surface area contributed by atoms with Crippen LogP contribution in [-0.2, 0) is 5.75 Å². The van der Waals surface area contributed by atoms with Crippen molar-refractivity contribution in [3.63, 3.8) is 0 Å². The molecule has 0 aliphatic carbocycles. The van der Waals surface area contributed by atoms with Crippen LogP contribution in [0, 0.1) is 0 Å². The molecule has 122 valence electrons. The molecule has 0 atom stereocenters. The minimum absolute atomic E-state index is 0.608. The lowest BCUT2D eigenvalue weighted by Crippen LogP contribution is -2.30. The van der Waals surface area contributed by atoms with Crippen LogP contribution in [0.3, 0.4) is 0 Å². The standard InChI is InChI=1S/C17H19ClN2OS2/c1-21-15-7-4-6-14(11-15)20-17(22)19-9-10-23-12-13-5-2-3-8-16(13)18/h2-8,11H,9-10,12H2,1H3,(H2,19,20,22). The molecular formula is C17H19ClN2OS2. The minimum Gasteiger partial charge on any atom is -0.497 e. The van der Waals surface area contributed by atoms with Gasteiger partial charge in [0.05, 0.1) is 7.11 Å². The molecule has 0 aromatic heterocycles. The highest BCUT2D eigenvalue weighted by molar-refractivity contribution is 7.98. The largest absolute Gasteiger partial charge is 0.497 e. The third-order valence-electron chi connectivity index (χ3n) is 3.07. The van der Waals surface area contributed by atoms with E-state index >= 15 is 0 Å². The predicted octanol–water partition coefficient (Wildman–Crippen LogP) is 4.57. The second-order valence-corrected chi connectivity index (χ2v) is 6.68. The van der Waals surface area contributed by atoms with E-state index in [-0.39, 0.29) is 0 Å². The summed E-state index contributed by atoms with van der Waals surface area (Å²) >= 11 is 13.2. The molecule has 3 nitrogen and oxygen atoms in total. The zero-order valence-corrected chi connectivity index (χ0v) is 15.2. The molecule has 0 amide bonds. The number of nitrogens with one attached hydrogen (secondary N) is 2. The van der Waals surface area contributed by atoms with Gasteiger partial charge in [-0.2, -0.15) is 11.8 Å². The van der Waals surface area contributed by atoms with Gasteiger partial charge in [-0.05, 0) is 36.0 Å². The maximum atomic E-state index is 6.13. The van der Waals surface area contributed by atoms with Crippen LogP contribution in [0.2, 0.25) is 5.02 Å². The smallest absolute Gasteiger partial charge is 0.170 e. The molecule has 0 spiro atoms. The fourth-order valence-corrected chi connectivity index (χ4v) is 3.27. The molecule has 2 rings (SSSR count). The number of methoxy groups -OCH3 is 1. The van der Waals surface area contributed by atoms with E-state index in [1.165, 1.54) is 0 Å². The predicted molar refractivity (Wildman–Crippen MR) is 105 cm³/mol. The molecule has 0 aliphatic heterocycles. The summed E-state index contributed by atoms with van der Waals surface area (Å²) in [5.74, 6) is 2.65. The molecule has 2 aromatic carbocycles. The average molecular weight is 367 g/mol. The van der Waals surface area contributed by atoms with Gasteiger partial charge in [0.25, 0.3) is 0 Å². The highest BCUT2D eigenvalue weighted by atomic mass is 35.5. The Hall–Kier alpha value is -1.43. The molecule has 0 unspecified atom stereocenters. The van der Waals surface area contributed by atoms with Crippen molar-refractivity contribution in [2.45, 2.75) is 5.75 Å². The summed E-state index contributed by atoms with van der Waals surface area (Å²) in [5, 5.41) is 7.77. The Kier molecular flexibility index (Phi) is 7.52. The molecule has 23 heavy (non-hydrogen) atoms. The quantitative estimate of drug-likeness (QED) is 0.554. The third-order valence-corrected chi connectivity index (χ3v) is 4.70. The second-order valence-electron chi connectivity index (χ2n) is 4.76. The number of rotatable bonds is 7. The molecule has 2 N–H and O–H groups in total. The number of hydrogen-bond donors (Lipinski definition) is 2. The molecule has 0 heterocycles. The number of thiocarbonyl (C=S) groups is 1. The van der Waals surface area contributed by atoms with Crippen molar-refractivity contribution in [2.75, 3.05) is 24.7 Å². The van der Waals surface area contributed by atoms with Crippen LogP contribution in [-0.4, -0.2) is 24.5 Å². The third kappa shape index (κ3) is 6.29. The lowest BCUT2D eigenvalue weighted by molar-refractivity contribution is 0.415. The Morgan fingerprint density at radius 2 is 2.04 bits per heavy atom. The van der Waals surface area contributed by atoms with Crippen molar-refractivity contribution < 1.29 is 4.74 Å². The number of hydrogen-bond acceptors (Lipinski definition) is 3. The van der Waals surface area contributed by atoms with Crippen molar-refractivity contribution >= 4 is 46.4 Å². The van der Waals surface area contributed by atoms with Crippen LogP contribution in [0.4, 0.5) is 5.69 Å². The fraction of sp³-hybridized carbons (Fsp3) is 0.235. The number of anilines is 1. The summed E-state index contributed by atoms with van der Waals surface area (Å²) in [4.78, 5) is 0. The van der Waals surface area contributed by atoms with Gasteiger partial charge in [-0.3, -0.25) is 0 Å². The van der Waals surface area contributed by atoms with Crippen molar-refractivity contribution in [3.05, 3.63) is 59.1 Å². The summed E-state index contributed by atoms with van der Waals surface area (Å²) in [6.07, 6.45) is 0. The first kappa shape index (κ1) is 17.9. The minimum atomic E-state index is 0.608. The van der Waals surface area contributed by atoms with Gasteiger partial charge in [0.2, 0.25) is 0 Å². The van der Waals surface area contributed by atoms with E-state index in [9.17, 15) is 0 Å². The molecule has 0 saturated heterocycles. The summed E-state index contributed by atoms with van der Waals surface area (Å²) in [7, 11) is 1.64. The summed E-state index contributed by atoms with van der Waals surface area (Å²) in [6.45, 7) is 0.797. The second kappa shape index (κ2) is 9.65. The molecule has 0 saturated carbocycles. The van der Waals surface area contributed by atoms with Gasteiger partial charge in [0.1, 0.15) is 5.75 Å². The first-order valence-corrected chi connectivity index (χ1v) is 9.13. The van der Waals surface area contributed by atoms with E-state index in [0.29, 0.717) is 5.11 Å². The van der Waals surface area contributed by atoms with Crippen LogP contribution in [0.5, 0.6) is 5.75 Å². The maximum absolute atomic E-state index is 6.13. The number of halogens is 1. The molecule has 0 radical (unpaired) electrons. The van der Waals surface area contributed by atoms with Crippen molar-refractivity contribution in [2.24, 2.45) is 0 Å². The van der Waals surface area contributed by atoms with Gasteiger partial charge in [-0.1, -0.05) is 35.9 Å². The van der Waals surface area contributed by atoms with E-state index in [2.05, 4.69) is 16.7 Å². The van der Waals surface area contributed by atoms with E-state index < -0.39 is 0 Å². The van der Waals surface area contributed by atoms with Gasteiger partial charge in [0, 0.05) is 34.8 Å². The average Bonchev–Trinajstić information content (AvgIpc) is 2.56. The lowest BCUT2D eigenvalue weighted by Gasteiger charge is -2.11. The van der Waals surface area contributed by atoms with Crippen LogP contribution >= 0.6 is 35.6 Å². The van der Waals surface area contributed by atoms with Crippen molar-refractivity contribution in [1.29, 1.82) is 0 Å². The Morgan fingerprint density at radius 3 is 2.83 bits per heavy atom. The fourth-order valence-electron chi connectivity index (χ4n) is 1.91. The Balaban J connectivity index is 1.66. The molecule has 2 aromatic rings. The van der Waals surface area contributed by atoms with E-state index in [0.717, 1.165) is 40.1 Å². The van der Waals surface area contributed by atoms with Gasteiger partial charge in [-0.15, -0.1) is 0 Å². The summed E-state index contributed by atoms with van der Waals surface area (Å²) in [6, 6.07) is 15.6. The van der Waals surface area contributed by atoms with Crippen LogP contribution in [0.1, 0.15) is 5.56 Å². The van der Waals surface area contributed by atoms with Gasteiger partial charge < -0.3 is 15.4 Å². The normalized spacial score (nSPS) is 10.2. The number of benzene rings is 2.